The summed E-state index contributed by atoms with van der Waals surface area (Å²) in [6, 6.07) is 0. The first-order valence-corrected chi connectivity index (χ1v) is 30.3. The van der Waals surface area contributed by atoms with E-state index in [4.69, 9.17) is 9.47 Å². The predicted molar refractivity (Wildman–Crippen MR) is 294 cm³/mol. The Morgan fingerprint density at radius 2 is 0.457 bits per heavy atom. The number of aromatic carboxylic acids is 2. The number of ether oxygens (including phenoxy) is 2. The fourth-order valence-corrected chi connectivity index (χ4v) is 10.2. The summed E-state index contributed by atoms with van der Waals surface area (Å²) in [5.74, 6) is -4.27. The number of esters is 2. The van der Waals surface area contributed by atoms with Crippen LogP contribution in [0.25, 0.3) is 0 Å². The van der Waals surface area contributed by atoms with Gasteiger partial charge in [0.05, 0.1) is 35.5 Å². The van der Waals surface area contributed by atoms with Crippen molar-refractivity contribution in [2.45, 2.75) is 323 Å². The van der Waals surface area contributed by atoms with E-state index in [1.165, 1.54) is 167 Å². The molecule has 1 aromatic rings. The van der Waals surface area contributed by atoms with E-state index in [-0.39, 0.29) is 59.4 Å². The van der Waals surface area contributed by atoms with E-state index >= 15 is 0 Å². The molecule has 0 saturated carbocycles. The molecule has 0 atom stereocenters. The third-order valence-corrected chi connectivity index (χ3v) is 14.6. The highest BCUT2D eigenvalue weighted by molar-refractivity contribution is 6.13. The highest BCUT2D eigenvalue weighted by Crippen LogP contribution is 2.34. The Morgan fingerprint density at radius 3 is 0.671 bits per heavy atom. The van der Waals surface area contributed by atoms with Crippen LogP contribution in [-0.4, -0.2) is 47.3 Å². The van der Waals surface area contributed by atoms with Gasteiger partial charge in [-0.25, -0.2) is 19.2 Å². The molecule has 1 aromatic carbocycles. The monoisotopic (exact) mass is 983 g/mol. The highest BCUT2D eigenvalue weighted by atomic mass is 16.5. The Morgan fingerprint density at radius 1 is 0.271 bits per heavy atom. The number of carbonyl (C=O) groups is 4. The first kappa shape index (κ1) is 65.1. The van der Waals surface area contributed by atoms with E-state index in [9.17, 15) is 29.4 Å². The summed E-state index contributed by atoms with van der Waals surface area (Å²) < 4.78 is 11.9. The maximum Gasteiger partial charge on any atom is 0.339 e. The minimum atomic E-state index is -1.36. The van der Waals surface area contributed by atoms with Gasteiger partial charge in [0, 0.05) is 0 Å². The Kier molecular flexibility index (Phi) is 43.8. The molecular formula is C62H110O8. The van der Waals surface area contributed by atoms with Gasteiger partial charge in [0.25, 0.3) is 0 Å². The zero-order chi connectivity index (χ0) is 51.1. The Bertz CT molecular complexity index is 1370. The average molecular weight is 984 g/mol. The number of carboxylic acids is 2. The lowest BCUT2D eigenvalue weighted by atomic mass is 9.82. The van der Waals surface area contributed by atoms with Gasteiger partial charge in [0.2, 0.25) is 0 Å². The number of carbonyl (C=O) groups excluding carboxylic acids is 2. The minimum absolute atomic E-state index is 0.0434. The van der Waals surface area contributed by atoms with Crippen molar-refractivity contribution in [1.82, 2.24) is 0 Å². The molecule has 0 unspecified atom stereocenters. The first-order valence-electron chi connectivity index (χ1n) is 30.3. The van der Waals surface area contributed by atoms with Crippen LogP contribution in [-0.2, 0) is 22.3 Å². The van der Waals surface area contributed by atoms with Crippen LogP contribution in [0.15, 0.2) is 0 Å². The van der Waals surface area contributed by atoms with Gasteiger partial charge in [-0.15, -0.1) is 0 Å². The molecule has 0 saturated heterocycles. The van der Waals surface area contributed by atoms with Gasteiger partial charge >= 0.3 is 23.9 Å². The molecule has 1 rings (SSSR count). The molecular weight excluding hydrogens is 873 g/mol. The Labute approximate surface area is 430 Å². The van der Waals surface area contributed by atoms with Crippen LogP contribution in [0.4, 0.5) is 0 Å². The molecule has 70 heavy (non-hydrogen) atoms. The van der Waals surface area contributed by atoms with Crippen molar-refractivity contribution < 1.29 is 38.9 Å². The molecule has 0 amide bonds. The van der Waals surface area contributed by atoms with E-state index in [1.54, 1.807) is 0 Å². The van der Waals surface area contributed by atoms with Crippen molar-refractivity contribution in [2.24, 2.45) is 0 Å². The molecule has 0 aliphatic rings. The second-order valence-corrected chi connectivity index (χ2v) is 21.0. The van der Waals surface area contributed by atoms with Crippen molar-refractivity contribution in [3.8, 4) is 0 Å². The molecule has 0 heterocycles. The lowest BCUT2D eigenvalue weighted by Crippen LogP contribution is -2.26. The quantitative estimate of drug-likeness (QED) is 0.0488. The Balaban J connectivity index is 3.38. The van der Waals surface area contributed by atoms with Crippen molar-refractivity contribution in [3.05, 3.63) is 33.4 Å². The second kappa shape index (κ2) is 47.1. The van der Waals surface area contributed by atoms with Crippen LogP contribution < -0.4 is 0 Å². The van der Waals surface area contributed by atoms with Gasteiger partial charge < -0.3 is 19.7 Å². The van der Waals surface area contributed by atoms with Gasteiger partial charge in [0.15, 0.2) is 0 Å². The third-order valence-electron chi connectivity index (χ3n) is 14.6. The summed E-state index contributed by atoms with van der Waals surface area (Å²) in [4.78, 5) is 55.8. The number of unbranched alkanes of at least 4 members (excludes halogenated alkanes) is 40. The van der Waals surface area contributed by atoms with Crippen molar-refractivity contribution >= 4 is 23.9 Å². The van der Waals surface area contributed by atoms with Crippen molar-refractivity contribution in [1.29, 1.82) is 0 Å². The first-order chi connectivity index (χ1) is 34.3. The van der Waals surface area contributed by atoms with Crippen LogP contribution in [0.5, 0.6) is 0 Å². The fourth-order valence-electron chi connectivity index (χ4n) is 10.2. The predicted octanol–water partition coefficient (Wildman–Crippen LogP) is 19.7. The molecule has 406 valence electrons. The number of hydrogen-bond acceptors (Lipinski definition) is 6. The normalized spacial score (nSPS) is 11.4. The van der Waals surface area contributed by atoms with E-state index < -0.39 is 23.9 Å². The molecule has 0 bridgehead atoms. The SMILES string of the molecule is CCCCCCCCCCCCCOC(=O)c1c(CCCCCCCCCCCCC)c(C(=O)OCCCCCCCCCCCCC)c(C(=O)O)c(CCCCCCCCCCCCC)c1C(=O)O. The van der Waals surface area contributed by atoms with E-state index in [1.807, 2.05) is 0 Å². The smallest absolute Gasteiger partial charge is 0.339 e. The summed E-state index contributed by atoms with van der Waals surface area (Å²) in [6.07, 6.45) is 49.8. The van der Waals surface area contributed by atoms with Crippen LogP contribution in [0.2, 0.25) is 0 Å². The molecule has 8 nitrogen and oxygen atoms in total. The summed E-state index contributed by atoms with van der Waals surface area (Å²) in [6.45, 7) is 9.22. The van der Waals surface area contributed by atoms with Gasteiger partial charge in [-0.1, -0.05) is 285 Å². The van der Waals surface area contributed by atoms with Crippen LogP contribution in [0, 0.1) is 0 Å². The number of benzene rings is 1. The number of hydrogen-bond donors (Lipinski definition) is 2. The molecule has 0 fully saturated rings. The second-order valence-electron chi connectivity index (χ2n) is 21.0. The Hall–Kier alpha value is -2.90. The maximum atomic E-state index is 14.4. The van der Waals surface area contributed by atoms with Gasteiger partial charge in [-0.2, -0.15) is 0 Å². The molecule has 0 aliphatic carbocycles. The van der Waals surface area contributed by atoms with E-state index in [0.717, 1.165) is 89.9 Å². The van der Waals surface area contributed by atoms with Gasteiger partial charge in [0.1, 0.15) is 0 Å². The largest absolute Gasteiger partial charge is 0.478 e. The van der Waals surface area contributed by atoms with Gasteiger partial charge in [-0.05, 0) is 49.7 Å². The maximum absolute atomic E-state index is 14.4. The van der Waals surface area contributed by atoms with Crippen LogP contribution >= 0.6 is 0 Å². The topological polar surface area (TPSA) is 127 Å². The standard InChI is InChI=1S/C62H110O8/c1-5-9-13-17-21-25-29-33-37-41-45-49-53-55(59(63)64)57(61(67)69-51-47-43-39-35-31-27-23-19-15-11-7-3)54(50-46-42-38-34-30-26-22-18-14-10-6-2)58(56(53)60(65)66)62(68)70-52-48-44-40-36-32-28-24-20-16-12-8-4/h5-52H2,1-4H3,(H,63,64)(H,65,66). The van der Waals surface area contributed by atoms with Crippen molar-refractivity contribution in [2.75, 3.05) is 13.2 Å². The summed E-state index contributed by atoms with van der Waals surface area (Å²) in [7, 11) is 0. The fraction of sp³-hybridized carbons (Fsp3) is 0.839. The summed E-state index contributed by atoms with van der Waals surface area (Å²) in [5.41, 5.74) is -0.704. The molecule has 0 radical (unpaired) electrons. The van der Waals surface area contributed by atoms with Crippen LogP contribution in [0.1, 0.15) is 363 Å². The van der Waals surface area contributed by atoms with E-state index in [0.29, 0.717) is 25.7 Å². The van der Waals surface area contributed by atoms with Gasteiger partial charge in [-0.3, -0.25) is 0 Å². The lowest BCUT2D eigenvalue weighted by molar-refractivity contribution is 0.0475. The summed E-state index contributed by atoms with van der Waals surface area (Å²) in [5, 5.41) is 21.9. The third kappa shape index (κ3) is 32.2. The molecule has 8 heteroatoms. The zero-order valence-electron chi connectivity index (χ0n) is 46.3. The highest BCUT2D eigenvalue weighted by Gasteiger charge is 2.36. The molecule has 2 N–H and O–H groups in total. The van der Waals surface area contributed by atoms with Crippen molar-refractivity contribution in [3.63, 3.8) is 0 Å². The minimum Gasteiger partial charge on any atom is -0.478 e. The number of rotatable bonds is 52. The van der Waals surface area contributed by atoms with Crippen LogP contribution in [0.3, 0.4) is 0 Å². The zero-order valence-corrected chi connectivity index (χ0v) is 46.3. The number of carboxylic acid groups (broad SMARTS) is 2. The molecule has 0 spiro atoms. The average Bonchev–Trinajstić information content (AvgIpc) is 3.34. The lowest BCUT2D eigenvalue weighted by Gasteiger charge is -2.22. The molecule has 0 aromatic heterocycles. The molecule has 0 aliphatic heterocycles. The van der Waals surface area contributed by atoms with E-state index in [2.05, 4.69) is 27.7 Å². The summed E-state index contributed by atoms with van der Waals surface area (Å²) >= 11 is 0.